The average molecular weight is 264 g/mol. The Morgan fingerprint density at radius 1 is 1.39 bits per heavy atom. The molecule has 94 valence electrons. The van der Waals surface area contributed by atoms with Crippen LogP contribution < -0.4 is 5.32 Å². The summed E-state index contributed by atoms with van der Waals surface area (Å²) in [6, 6.07) is 1.64. The van der Waals surface area contributed by atoms with Crippen LogP contribution in [0.2, 0.25) is 0 Å². The third-order valence-electron chi connectivity index (χ3n) is 2.28. The molecule has 0 fully saturated rings. The second kappa shape index (κ2) is 4.69. The third kappa shape index (κ3) is 2.45. The summed E-state index contributed by atoms with van der Waals surface area (Å²) in [6.45, 7) is 5.02. The fraction of sp³-hybridized carbons (Fsp3) is 0.273. The molecule has 0 aliphatic carbocycles. The normalized spacial score (nSPS) is 10.4. The Labute approximate surface area is 107 Å². The third-order valence-corrected chi connectivity index (χ3v) is 3.45. The van der Waals surface area contributed by atoms with Crippen molar-refractivity contribution in [2.24, 2.45) is 0 Å². The molecular formula is C11H12N4O2S. The van der Waals surface area contributed by atoms with Gasteiger partial charge >= 0.3 is 0 Å². The summed E-state index contributed by atoms with van der Waals surface area (Å²) >= 11 is 1.17. The molecule has 0 saturated carbocycles. The van der Waals surface area contributed by atoms with E-state index in [1.54, 1.807) is 13.0 Å². The number of carbonyl (C=O) groups is 2. The highest BCUT2D eigenvalue weighted by molar-refractivity contribution is 7.17. The van der Waals surface area contributed by atoms with E-state index in [1.807, 2.05) is 6.92 Å². The molecule has 2 heterocycles. The fourth-order valence-electron chi connectivity index (χ4n) is 1.47. The smallest absolute Gasteiger partial charge is 0.277 e. The van der Waals surface area contributed by atoms with Gasteiger partial charge in [-0.05, 0) is 19.9 Å². The van der Waals surface area contributed by atoms with Gasteiger partial charge in [0.1, 0.15) is 0 Å². The molecular weight excluding hydrogens is 252 g/mol. The molecule has 0 aliphatic rings. The lowest BCUT2D eigenvalue weighted by Gasteiger charge is -1.96. The van der Waals surface area contributed by atoms with E-state index in [-0.39, 0.29) is 11.7 Å². The maximum absolute atomic E-state index is 11.8. The zero-order chi connectivity index (χ0) is 13.3. The minimum Gasteiger partial charge on any atom is -0.296 e. The number of carbonyl (C=O) groups excluding carboxylic acids is 2. The summed E-state index contributed by atoms with van der Waals surface area (Å²) in [5, 5.41) is 9.56. The van der Waals surface area contributed by atoms with Gasteiger partial charge < -0.3 is 0 Å². The van der Waals surface area contributed by atoms with Gasteiger partial charge in [0.2, 0.25) is 0 Å². The monoisotopic (exact) mass is 264 g/mol. The number of aryl methyl sites for hydroxylation is 2. The number of hydrogen-bond acceptors (Lipinski definition) is 5. The van der Waals surface area contributed by atoms with Crippen molar-refractivity contribution in [3.63, 3.8) is 0 Å². The summed E-state index contributed by atoms with van der Waals surface area (Å²) in [4.78, 5) is 27.8. The van der Waals surface area contributed by atoms with Crippen LogP contribution in [0, 0.1) is 13.8 Å². The second-order valence-corrected chi connectivity index (χ2v) is 4.88. The number of anilines is 1. The first-order chi connectivity index (χ1) is 8.47. The molecule has 2 N–H and O–H groups in total. The van der Waals surface area contributed by atoms with E-state index in [9.17, 15) is 9.59 Å². The summed E-state index contributed by atoms with van der Waals surface area (Å²) in [6.07, 6.45) is 0. The SMILES string of the molecule is CC(=O)c1sc(NC(=O)c2cc(C)[nH]n2)nc1C. The zero-order valence-electron chi connectivity index (χ0n) is 10.2. The van der Waals surface area contributed by atoms with Crippen molar-refractivity contribution in [3.05, 3.63) is 28.0 Å². The average Bonchev–Trinajstić information content (AvgIpc) is 2.85. The minimum atomic E-state index is -0.344. The molecule has 0 atom stereocenters. The Morgan fingerprint density at radius 2 is 2.11 bits per heavy atom. The van der Waals surface area contributed by atoms with Crippen LogP contribution in [0.1, 0.15) is 38.5 Å². The van der Waals surface area contributed by atoms with Gasteiger partial charge in [-0.1, -0.05) is 11.3 Å². The number of nitrogens with one attached hydrogen (secondary N) is 2. The highest BCUT2D eigenvalue weighted by atomic mass is 32.1. The van der Waals surface area contributed by atoms with Gasteiger partial charge in [0, 0.05) is 12.6 Å². The van der Waals surface area contributed by atoms with Gasteiger partial charge in [-0.2, -0.15) is 5.10 Å². The predicted octanol–water partition coefficient (Wildman–Crippen LogP) is 1.94. The molecule has 0 bridgehead atoms. The van der Waals surface area contributed by atoms with Crippen LogP contribution in [-0.4, -0.2) is 26.9 Å². The van der Waals surface area contributed by atoms with Crippen LogP contribution in [-0.2, 0) is 0 Å². The molecule has 0 aliphatic heterocycles. The van der Waals surface area contributed by atoms with Gasteiger partial charge in [-0.25, -0.2) is 4.98 Å². The molecule has 6 nitrogen and oxygen atoms in total. The number of ketones is 1. The minimum absolute atomic E-state index is 0.0545. The van der Waals surface area contributed by atoms with Crippen LogP contribution in [0.15, 0.2) is 6.07 Å². The lowest BCUT2D eigenvalue weighted by atomic mass is 10.3. The first-order valence-electron chi connectivity index (χ1n) is 5.29. The van der Waals surface area contributed by atoms with Crippen LogP contribution in [0.5, 0.6) is 0 Å². The number of rotatable bonds is 3. The number of aromatic amines is 1. The van der Waals surface area contributed by atoms with Crippen molar-refractivity contribution >= 4 is 28.2 Å². The Kier molecular flexibility index (Phi) is 3.24. The Bertz CT molecular complexity index is 614. The maximum atomic E-state index is 11.8. The number of thiazole rings is 1. The fourth-order valence-corrected chi connectivity index (χ4v) is 2.33. The highest BCUT2D eigenvalue weighted by Crippen LogP contribution is 2.23. The topological polar surface area (TPSA) is 87.7 Å². The first kappa shape index (κ1) is 12.4. The van der Waals surface area contributed by atoms with Gasteiger partial charge in [0.25, 0.3) is 5.91 Å². The second-order valence-electron chi connectivity index (χ2n) is 3.88. The molecule has 2 aromatic heterocycles. The molecule has 2 aromatic rings. The van der Waals surface area contributed by atoms with Gasteiger partial charge in [0.05, 0.1) is 10.6 Å². The van der Waals surface area contributed by atoms with Crippen molar-refractivity contribution in [1.82, 2.24) is 15.2 Å². The maximum Gasteiger partial charge on any atom is 0.277 e. The van der Waals surface area contributed by atoms with E-state index < -0.39 is 0 Å². The number of nitrogens with zero attached hydrogens (tertiary/aromatic N) is 2. The van der Waals surface area contributed by atoms with Crippen molar-refractivity contribution in [3.8, 4) is 0 Å². The Balaban J connectivity index is 2.17. The van der Waals surface area contributed by atoms with Crippen LogP contribution in [0.25, 0.3) is 0 Å². The van der Waals surface area contributed by atoms with Crippen molar-refractivity contribution in [1.29, 1.82) is 0 Å². The molecule has 0 aromatic carbocycles. The molecule has 18 heavy (non-hydrogen) atoms. The Morgan fingerprint density at radius 3 is 2.61 bits per heavy atom. The van der Waals surface area contributed by atoms with E-state index in [0.29, 0.717) is 21.4 Å². The number of Topliss-reactive ketones (excluding diaryl/α,β-unsaturated/α-hetero) is 1. The van der Waals surface area contributed by atoms with Gasteiger partial charge in [0.15, 0.2) is 16.6 Å². The van der Waals surface area contributed by atoms with E-state index in [4.69, 9.17) is 0 Å². The molecule has 0 radical (unpaired) electrons. The number of hydrogen-bond donors (Lipinski definition) is 2. The van der Waals surface area contributed by atoms with Crippen LogP contribution in [0.4, 0.5) is 5.13 Å². The first-order valence-corrected chi connectivity index (χ1v) is 6.10. The summed E-state index contributed by atoms with van der Waals surface area (Å²) in [5.41, 5.74) is 1.73. The molecule has 0 saturated heterocycles. The van der Waals surface area contributed by atoms with E-state index in [0.717, 1.165) is 5.69 Å². The van der Waals surface area contributed by atoms with Crippen LogP contribution >= 0.6 is 11.3 Å². The van der Waals surface area contributed by atoms with Gasteiger partial charge in [-0.3, -0.25) is 20.0 Å². The standard InChI is InChI=1S/C11H12N4O2S/c1-5-4-8(15-14-5)10(17)13-11-12-6(2)9(18-11)7(3)16/h4H,1-3H3,(H,14,15)(H,12,13,17). The number of H-pyrrole nitrogens is 1. The predicted molar refractivity (Wildman–Crippen MR) is 68.1 cm³/mol. The molecule has 2 rings (SSSR count). The van der Waals surface area contributed by atoms with Crippen molar-refractivity contribution in [2.75, 3.05) is 5.32 Å². The van der Waals surface area contributed by atoms with Crippen molar-refractivity contribution < 1.29 is 9.59 Å². The van der Waals surface area contributed by atoms with Gasteiger partial charge in [-0.15, -0.1) is 0 Å². The summed E-state index contributed by atoms with van der Waals surface area (Å²) in [7, 11) is 0. The summed E-state index contributed by atoms with van der Waals surface area (Å²) < 4.78 is 0. The highest BCUT2D eigenvalue weighted by Gasteiger charge is 2.15. The zero-order valence-corrected chi connectivity index (χ0v) is 11.0. The summed E-state index contributed by atoms with van der Waals surface area (Å²) in [5.74, 6) is -0.399. The largest absolute Gasteiger partial charge is 0.296 e. The van der Waals surface area contributed by atoms with E-state index >= 15 is 0 Å². The van der Waals surface area contributed by atoms with E-state index in [2.05, 4.69) is 20.5 Å². The Hall–Kier alpha value is -2.02. The quantitative estimate of drug-likeness (QED) is 0.829. The lowest BCUT2D eigenvalue weighted by molar-refractivity contribution is 0.101. The van der Waals surface area contributed by atoms with Crippen LogP contribution in [0.3, 0.4) is 0 Å². The molecule has 0 spiro atoms. The molecule has 1 amide bonds. The molecule has 7 heteroatoms. The number of aromatic nitrogens is 3. The van der Waals surface area contributed by atoms with Crippen molar-refractivity contribution in [2.45, 2.75) is 20.8 Å². The molecule has 0 unspecified atom stereocenters. The van der Waals surface area contributed by atoms with E-state index in [1.165, 1.54) is 18.3 Å². The lowest BCUT2D eigenvalue weighted by Crippen LogP contribution is -2.12. The number of amides is 1.